The molecule has 0 unspecified atom stereocenters. The van der Waals surface area contributed by atoms with Crippen molar-refractivity contribution in [2.24, 2.45) is 0 Å². The number of aromatic nitrogens is 1. The third-order valence-corrected chi connectivity index (χ3v) is 15.4. The molecular weight excluding hydrogens is 909 g/mol. The Hall–Kier alpha value is -9.96. The lowest BCUT2D eigenvalue weighted by atomic mass is 9.96. The van der Waals surface area contributed by atoms with E-state index in [-0.39, 0.29) is 0 Å². The van der Waals surface area contributed by atoms with E-state index in [4.69, 9.17) is 4.42 Å². The highest BCUT2D eigenvalue weighted by molar-refractivity contribution is 6.16. The molecule has 0 aliphatic heterocycles. The molecule has 0 aliphatic carbocycles. The van der Waals surface area contributed by atoms with E-state index >= 15 is 0 Å². The zero-order valence-corrected chi connectivity index (χ0v) is 40.9. The quantitative estimate of drug-likeness (QED) is 0.142. The van der Waals surface area contributed by atoms with Gasteiger partial charge < -0.3 is 13.9 Å². The Bertz CT molecular complexity index is 4640. The molecule has 350 valence electrons. The van der Waals surface area contributed by atoms with Crippen molar-refractivity contribution in [2.75, 3.05) is 4.90 Å². The van der Waals surface area contributed by atoms with Crippen LogP contribution in [0.15, 0.2) is 283 Å². The molecule has 0 spiro atoms. The second-order valence-electron chi connectivity index (χ2n) is 19.6. The molecule has 75 heavy (non-hydrogen) atoms. The molecule has 0 amide bonds. The molecular formula is C72H46N2O. The number of hydrogen-bond donors (Lipinski definition) is 0. The van der Waals surface area contributed by atoms with Crippen molar-refractivity contribution < 1.29 is 4.42 Å². The van der Waals surface area contributed by atoms with Crippen LogP contribution in [0.2, 0.25) is 0 Å². The van der Waals surface area contributed by atoms with Gasteiger partial charge in [-0.2, -0.15) is 0 Å². The molecule has 0 fully saturated rings. The van der Waals surface area contributed by atoms with Crippen LogP contribution in [0.4, 0.5) is 17.1 Å². The summed E-state index contributed by atoms with van der Waals surface area (Å²) in [4.78, 5) is 2.39. The average Bonchev–Trinajstić information content (AvgIpc) is 4.04. The van der Waals surface area contributed by atoms with Crippen LogP contribution in [0, 0.1) is 0 Å². The van der Waals surface area contributed by atoms with Gasteiger partial charge in [-0.15, -0.1) is 0 Å². The van der Waals surface area contributed by atoms with Gasteiger partial charge in [-0.3, -0.25) is 0 Å². The van der Waals surface area contributed by atoms with E-state index in [0.717, 1.165) is 77.9 Å². The highest BCUT2D eigenvalue weighted by atomic mass is 16.3. The Morgan fingerprint density at radius 1 is 0.280 bits per heavy atom. The van der Waals surface area contributed by atoms with Gasteiger partial charge >= 0.3 is 0 Å². The normalized spacial score (nSPS) is 11.7. The zero-order valence-electron chi connectivity index (χ0n) is 40.9. The first-order chi connectivity index (χ1) is 37.2. The summed E-state index contributed by atoms with van der Waals surface area (Å²) < 4.78 is 9.12. The molecule has 0 saturated carbocycles. The summed E-state index contributed by atoms with van der Waals surface area (Å²) in [6.45, 7) is 0. The number of para-hydroxylation sites is 3. The van der Waals surface area contributed by atoms with Crippen molar-refractivity contribution in [3.8, 4) is 50.2 Å². The molecule has 0 radical (unpaired) electrons. The fourth-order valence-electron chi connectivity index (χ4n) is 11.7. The van der Waals surface area contributed by atoms with Gasteiger partial charge in [-0.05, 0) is 145 Å². The van der Waals surface area contributed by atoms with E-state index in [1.807, 2.05) is 0 Å². The summed E-state index contributed by atoms with van der Waals surface area (Å²) in [6.07, 6.45) is 0. The van der Waals surface area contributed by atoms with Crippen molar-refractivity contribution >= 4 is 93.1 Å². The van der Waals surface area contributed by atoms with Crippen molar-refractivity contribution in [1.29, 1.82) is 0 Å². The van der Waals surface area contributed by atoms with Gasteiger partial charge in [0.2, 0.25) is 0 Å². The molecule has 3 heteroatoms. The van der Waals surface area contributed by atoms with Gasteiger partial charge in [0.1, 0.15) is 11.2 Å². The monoisotopic (exact) mass is 954 g/mol. The molecule has 0 aliphatic rings. The van der Waals surface area contributed by atoms with Crippen molar-refractivity contribution in [2.45, 2.75) is 0 Å². The van der Waals surface area contributed by atoms with Crippen LogP contribution in [-0.2, 0) is 0 Å². The van der Waals surface area contributed by atoms with E-state index in [0.29, 0.717) is 0 Å². The second kappa shape index (κ2) is 17.4. The van der Waals surface area contributed by atoms with E-state index in [1.54, 1.807) is 0 Å². The van der Waals surface area contributed by atoms with Crippen LogP contribution >= 0.6 is 0 Å². The zero-order chi connectivity index (χ0) is 49.4. The predicted octanol–water partition coefficient (Wildman–Crippen LogP) is 20.3. The highest BCUT2D eigenvalue weighted by Crippen LogP contribution is 2.44. The minimum atomic E-state index is 0.873. The lowest BCUT2D eigenvalue weighted by molar-refractivity contribution is 0.673. The Morgan fingerprint density at radius 3 is 1.47 bits per heavy atom. The van der Waals surface area contributed by atoms with E-state index in [1.165, 1.54) is 65.4 Å². The Balaban J connectivity index is 0.805. The van der Waals surface area contributed by atoms with Gasteiger partial charge in [0.05, 0.1) is 16.7 Å². The summed E-state index contributed by atoms with van der Waals surface area (Å²) >= 11 is 0. The maximum atomic E-state index is 6.73. The van der Waals surface area contributed by atoms with Crippen LogP contribution in [-0.4, -0.2) is 4.57 Å². The molecule has 3 nitrogen and oxygen atoms in total. The minimum absolute atomic E-state index is 0.873. The molecule has 0 bridgehead atoms. The smallest absolute Gasteiger partial charge is 0.143 e. The Labute approximate surface area is 434 Å². The lowest BCUT2D eigenvalue weighted by Crippen LogP contribution is -2.11. The van der Waals surface area contributed by atoms with E-state index < -0.39 is 0 Å². The highest BCUT2D eigenvalue weighted by Gasteiger charge is 2.20. The third kappa shape index (κ3) is 7.20. The number of anilines is 3. The number of benzene rings is 13. The van der Waals surface area contributed by atoms with Gasteiger partial charge in [0.15, 0.2) is 0 Å². The lowest BCUT2D eigenvalue weighted by Gasteiger charge is -2.28. The predicted molar refractivity (Wildman–Crippen MR) is 317 cm³/mol. The summed E-state index contributed by atoms with van der Waals surface area (Å²) in [5.74, 6) is 0. The van der Waals surface area contributed by atoms with E-state index in [9.17, 15) is 0 Å². The van der Waals surface area contributed by atoms with Gasteiger partial charge in [0.25, 0.3) is 0 Å². The second-order valence-corrected chi connectivity index (χ2v) is 19.6. The molecule has 13 aromatic carbocycles. The van der Waals surface area contributed by atoms with Crippen LogP contribution in [0.5, 0.6) is 0 Å². The molecule has 0 N–H and O–H groups in total. The molecule has 2 heterocycles. The molecule has 15 aromatic rings. The molecule has 0 atom stereocenters. The first-order valence-electron chi connectivity index (χ1n) is 25.7. The molecule has 0 saturated heterocycles. The minimum Gasteiger partial charge on any atom is -0.455 e. The molecule has 15 rings (SSSR count). The van der Waals surface area contributed by atoms with Crippen LogP contribution in [0.25, 0.3) is 126 Å². The van der Waals surface area contributed by atoms with E-state index in [2.05, 4.69) is 289 Å². The average molecular weight is 955 g/mol. The summed E-state index contributed by atoms with van der Waals surface area (Å²) in [6, 6.07) is 101. The van der Waals surface area contributed by atoms with Crippen LogP contribution < -0.4 is 4.90 Å². The number of nitrogens with zero attached hydrogens (tertiary/aromatic N) is 2. The first kappa shape index (κ1) is 42.7. The largest absolute Gasteiger partial charge is 0.455 e. The summed E-state index contributed by atoms with van der Waals surface area (Å²) in [7, 11) is 0. The SMILES string of the molecule is c1cc(-c2ccc(N(c3ccc(-c4ccc(-c5ccc6c(ccc7ccccc76)c5)cc4)cc3)c3ccccc3-c3ccc4c(c3)oc3c5ccccc5ccc43)cc2)cc(-n2c3ccccc3c3ccccc32)c1. The standard InChI is InChI=1S/C72H46N2O/c1-3-16-60-51(12-1)28-29-55-44-54(35-41-61(55)60)49-26-24-47(25-27-49)48-30-37-57(38-31-48)73(68-21-8-5-17-62(68)56-36-42-66-67-43-34-52-13-2-4-18-63(52)72(67)75-71(66)46-56)58-39-32-50(33-40-58)53-14-11-15-59(45-53)74-69-22-9-6-19-64(69)65-20-7-10-23-70(65)74/h1-46H. The van der Waals surface area contributed by atoms with Gasteiger partial charge in [-0.25, -0.2) is 0 Å². The number of rotatable bonds is 8. The summed E-state index contributed by atoms with van der Waals surface area (Å²) in [5.41, 5.74) is 17.8. The van der Waals surface area contributed by atoms with Crippen molar-refractivity contribution in [3.05, 3.63) is 279 Å². The number of fused-ring (bicyclic) bond motifs is 11. The Morgan fingerprint density at radius 2 is 0.760 bits per heavy atom. The topological polar surface area (TPSA) is 21.3 Å². The van der Waals surface area contributed by atoms with Gasteiger partial charge in [0, 0.05) is 49.6 Å². The number of hydrogen-bond acceptors (Lipinski definition) is 2. The van der Waals surface area contributed by atoms with Crippen molar-refractivity contribution in [3.63, 3.8) is 0 Å². The fourth-order valence-corrected chi connectivity index (χ4v) is 11.7. The summed E-state index contributed by atoms with van der Waals surface area (Å²) in [5, 5.41) is 12.1. The van der Waals surface area contributed by atoms with Crippen LogP contribution in [0.1, 0.15) is 0 Å². The molecule has 2 aromatic heterocycles. The van der Waals surface area contributed by atoms with Gasteiger partial charge in [-0.1, -0.05) is 200 Å². The maximum Gasteiger partial charge on any atom is 0.143 e. The maximum absolute atomic E-state index is 6.73. The first-order valence-corrected chi connectivity index (χ1v) is 25.7. The Kier molecular flexibility index (Phi) is 9.89. The number of furan rings is 1. The van der Waals surface area contributed by atoms with Crippen molar-refractivity contribution in [1.82, 2.24) is 4.57 Å². The fraction of sp³-hybridized carbons (Fsp3) is 0. The van der Waals surface area contributed by atoms with Crippen LogP contribution in [0.3, 0.4) is 0 Å². The third-order valence-electron chi connectivity index (χ3n) is 15.4.